The minimum atomic E-state index is -0.00934. The van der Waals surface area contributed by atoms with Gasteiger partial charge in [-0.25, -0.2) is 0 Å². The summed E-state index contributed by atoms with van der Waals surface area (Å²) in [7, 11) is 2.06. The van der Waals surface area contributed by atoms with Gasteiger partial charge in [-0.1, -0.05) is 29.8 Å². The van der Waals surface area contributed by atoms with E-state index in [4.69, 9.17) is 0 Å². The Morgan fingerprint density at radius 1 is 1.04 bits per heavy atom. The summed E-state index contributed by atoms with van der Waals surface area (Å²) in [5.41, 5.74) is 6.86. The molecule has 0 bridgehead atoms. The molecule has 124 valence electrons. The fourth-order valence-corrected chi connectivity index (χ4v) is 3.07. The molecular weight excluding hydrogens is 296 g/mol. The van der Waals surface area contributed by atoms with Crippen molar-refractivity contribution in [3.05, 3.63) is 70.4 Å². The molecule has 0 aliphatic carbocycles. The number of hydrogen-bond donors (Lipinski definition) is 1. The average molecular weight is 320 g/mol. The maximum atomic E-state index is 12.4. The summed E-state index contributed by atoms with van der Waals surface area (Å²) in [4.78, 5) is 12.4. The van der Waals surface area contributed by atoms with Crippen LogP contribution in [-0.4, -0.2) is 17.0 Å². The van der Waals surface area contributed by atoms with Crippen LogP contribution in [0.2, 0.25) is 0 Å². The van der Waals surface area contributed by atoms with E-state index in [1.54, 1.807) is 0 Å². The van der Waals surface area contributed by atoms with Crippen LogP contribution in [0.4, 0.5) is 0 Å². The second kappa shape index (κ2) is 6.52. The third-order valence-corrected chi connectivity index (χ3v) is 4.89. The Kier molecular flexibility index (Phi) is 4.43. The van der Waals surface area contributed by atoms with Gasteiger partial charge in [-0.3, -0.25) is 4.79 Å². The van der Waals surface area contributed by atoms with Crippen molar-refractivity contribution >= 4 is 16.8 Å². The van der Waals surface area contributed by atoms with Crippen LogP contribution in [0.15, 0.2) is 42.5 Å². The molecular formula is C21H24N2O. The summed E-state index contributed by atoms with van der Waals surface area (Å²) in [5.74, 6) is -0.00934. The van der Waals surface area contributed by atoms with Gasteiger partial charge in [0.1, 0.15) is 0 Å². The van der Waals surface area contributed by atoms with Gasteiger partial charge >= 0.3 is 0 Å². The van der Waals surface area contributed by atoms with Crippen LogP contribution in [0.1, 0.15) is 32.7 Å². The molecule has 0 saturated heterocycles. The van der Waals surface area contributed by atoms with Crippen LogP contribution in [-0.2, 0) is 13.5 Å². The lowest BCUT2D eigenvalue weighted by atomic mass is 10.1. The van der Waals surface area contributed by atoms with E-state index in [-0.39, 0.29) is 5.91 Å². The standard InChI is InChI=1S/C21H24N2O/c1-14-5-7-17(8-6-14)11-12-22-21(24)18-9-10-20-19(13-18)15(2)16(3)23(20)4/h5-10,13H,11-12H2,1-4H3,(H,22,24). The summed E-state index contributed by atoms with van der Waals surface area (Å²) in [6, 6.07) is 14.4. The summed E-state index contributed by atoms with van der Waals surface area (Å²) < 4.78 is 2.17. The Morgan fingerprint density at radius 2 is 1.75 bits per heavy atom. The largest absolute Gasteiger partial charge is 0.352 e. The van der Waals surface area contributed by atoms with Crippen LogP contribution in [0, 0.1) is 20.8 Å². The first-order chi connectivity index (χ1) is 11.5. The number of aryl methyl sites for hydroxylation is 3. The molecule has 3 nitrogen and oxygen atoms in total. The van der Waals surface area contributed by atoms with Crippen molar-refractivity contribution in [2.75, 3.05) is 6.54 Å². The number of carbonyl (C=O) groups excluding carboxylic acids is 1. The fourth-order valence-electron chi connectivity index (χ4n) is 3.07. The summed E-state index contributed by atoms with van der Waals surface area (Å²) in [6.07, 6.45) is 0.845. The van der Waals surface area contributed by atoms with Crippen LogP contribution in [0.25, 0.3) is 10.9 Å². The first kappa shape index (κ1) is 16.3. The van der Waals surface area contributed by atoms with Crippen molar-refractivity contribution < 1.29 is 4.79 Å². The Balaban J connectivity index is 1.69. The summed E-state index contributed by atoms with van der Waals surface area (Å²) in [5, 5.41) is 4.18. The molecule has 0 spiro atoms. The molecule has 0 unspecified atom stereocenters. The highest BCUT2D eigenvalue weighted by Gasteiger charge is 2.11. The van der Waals surface area contributed by atoms with E-state index < -0.39 is 0 Å². The van der Waals surface area contributed by atoms with Crippen LogP contribution in [0.3, 0.4) is 0 Å². The smallest absolute Gasteiger partial charge is 0.251 e. The third kappa shape index (κ3) is 3.07. The SMILES string of the molecule is Cc1ccc(CCNC(=O)c2ccc3c(c2)c(C)c(C)n3C)cc1. The molecule has 24 heavy (non-hydrogen) atoms. The first-order valence-electron chi connectivity index (χ1n) is 8.37. The van der Waals surface area contributed by atoms with E-state index in [1.165, 1.54) is 27.9 Å². The van der Waals surface area contributed by atoms with Gasteiger partial charge in [0.15, 0.2) is 0 Å². The number of fused-ring (bicyclic) bond motifs is 1. The van der Waals surface area contributed by atoms with Gasteiger partial charge in [-0.15, -0.1) is 0 Å². The molecule has 0 fully saturated rings. The molecule has 3 rings (SSSR count). The molecule has 3 heteroatoms. The van der Waals surface area contributed by atoms with Gasteiger partial charge in [0.05, 0.1) is 0 Å². The lowest BCUT2D eigenvalue weighted by Gasteiger charge is -2.07. The number of nitrogens with one attached hydrogen (secondary N) is 1. The lowest BCUT2D eigenvalue weighted by molar-refractivity contribution is 0.0954. The Morgan fingerprint density at radius 3 is 2.46 bits per heavy atom. The van der Waals surface area contributed by atoms with Crippen molar-refractivity contribution in [3.63, 3.8) is 0 Å². The van der Waals surface area contributed by atoms with E-state index >= 15 is 0 Å². The van der Waals surface area contributed by atoms with Gasteiger partial charge in [0.25, 0.3) is 5.91 Å². The van der Waals surface area contributed by atoms with E-state index in [9.17, 15) is 4.79 Å². The Bertz CT molecular complexity index is 888. The van der Waals surface area contributed by atoms with E-state index in [0.29, 0.717) is 6.54 Å². The van der Waals surface area contributed by atoms with E-state index in [2.05, 4.69) is 62.0 Å². The zero-order valence-electron chi connectivity index (χ0n) is 14.8. The van der Waals surface area contributed by atoms with E-state index in [1.807, 2.05) is 18.2 Å². The van der Waals surface area contributed by atoms with Crippen molar-refractivity contribution in [1.82, 2.24) is 9.88 Å². The Labute approximate surface area is 143 Å². The molecule has 0 radical (unpaired) electrons. The average Bonchev–Trinajstić information content (AvgIpc) is 2.81. The van der Waals surface area contributed by atoms with Crippen LogP contribution in [0.5, 0.6) is 0 Å². The van der Waals surface area contributed by atoms with Crippen molar-refractivity contribution in [1.29, 1.82) is 0 Å². The molecule has 1 N–H and O–H groups in total. The normalized spacial score (nSPS) is 11.0. The molecule has 3 aromatic rings. The van der Waals surface area contributed by atoms with Crippen LogP contribution >= 0.6 is 0 Å². The van der Waals surface area contributed by atoms with Crippen molar-refractivity contribution in [2.24, 2.45) is 7.05 Å². The van der Waals surface area contributed by atoms with Crippen molar-refractivity contribution in [2.45, 2.75) is 27.2 Å². The molecule has 1 heterocycles. The minimum Gasteiger partial charge on any atom is -0.352 e. The highest BCUT2D eigenvalue weighted by atomic mass is 16.1. The molecule has 0 aliphatic rings. The third-order valence-electron chi connectivity index (χ3n) is 4.89. The maximum absolute atomic E-state index is 12.4. The summed E-state index contributed by atoms with van der Waals surface area (Å²) in [6.45, 7) is 6.94. The zero-order valence-corrected chi connectivity index (χ0v) is 14.8. The van der Waals surface area contributed by atoms with Gasteiger partial charge < -0.3 is 9.88 Å². The van der Waals surface area contributed by atoms with Gasteiger partial charge in [-0.2, -0.15) is 0 Å². The fraction of sp³-hybridized carbons (Fsp3) is 0.286. The highest BCUT2D eigenvalue weighted by molar-refractivity contribution is 5.99. The zero-order chi connectivity index (χ0) is 17.3. The van der Waals surface area contributed by atoms with E-state index in [0.717, 1.165) is 17.4 Å². The molecule has 0 aliphatic heterocycles. The van der Waals surface area contributed by atoms with Crippen LogP contribution < -0.4 is 5.32 Å². The van der Waals surface area contributed by atoms with Gasteiger partial charge in [0.2, 0.25) is 0 Å². The number of carbonyl (C=O) groups is 1. The first-order valence-corrected chi connectivity index (χ1v) is 8.37. The molecule has 1 amide bonds. The number of amides is 1. The lowest BCUT2D eigenvalue weighted by Crippen LogP contribution is -2.25. The second-order valence-corrected chi connectivity index (χ2v) is 6.49. The second-order valence-electron chi connectivity index (χ2n) is 6.49. The maximum Gasteiger partial charge on any atom is 0.251 e. The summed E-state index contributed by atoms with van der Waals surface area (Å²) >= 11 is 0. The van der Waals surface area contributed by atoms with Gasteiger partial charge in [-0.05, 0) is 56.5 Å². The minimum absolute atomic E-state index is 0.00934. The Hall–Kier alpha value is -2.55. The van der Waals surface area contributed by atoms with Gasteiger partial charge in [0, 0.05) is 35.8 Å². The monoisotopic (exact) mass is 320 g/mol. The number of rotatable bonds is 4. The molecule has 1 aromatic heterocycles. The van der Waals surface area contributed by atoms with Crippen molar-refractivity contribution in [3.8, 4) is 0 Å². The quantitative estimate of drug-likeness (QED) is 0.772. The molecule has 0 saturated carbocycles. The highest BCUT2D eigenvalue weighted by Crippen LogP contribution is 2.25. The molecule has 0 atom stereocenters. The predicted octanol–water partition coefficient (Wildman–Crippen LogP) is 4.08. The predicted molar refractivity (Wildman–Crippen MR) is 99.6 cm³/mol. The topological polar surface area (TPSA) is 34.0 Å². The molecule has 2 aromatic carbocycles. The number of hydrogen-bond acceptors (Lipinski definition) is 1. The number of aromatic nitrogens is 1. The number of nitrogens with zero attached hydrogens (tertiary/aromatic N) is 1. The number of benzene rings is 2.